The van der Waals surface area contributed by atoms with E-state index in [1.807, 2.05) is 115 Å². The minimum Gasteiger partial charge on any atom is -0.256 e. The average Bonchev–Trinajstić information content (AvgIpc) is 3.76. The maximum absolute atomic E-state index is 6.76. The van der Waals surface area contributed by atoms with Crippen LogP contribution in [0.5, 0.6) is 0 Å². The van der Waals surface area contributed by atoms with Gasteiger partial charge >= 0.3 is 0 Å². The standard InChI is InChI=1S/C41H28ClN5/c42-34-25-15-24-33(28-34)40(44-36(29-16-5-1-6-17-29)37(45-40)30-18-7-2-8-19-30)41(35-26-13-14-27-43-35)46-38(31-20-9-3-10-21-31)39(47-41)32-22-11-4-12-23-32/h1-28H. The Labute approximate surface area is 278 Å². The molecule has 0 saturated carbocycles. The molecule has 2 aliphatic heterocycles. The highest BCUT2D eigenvalue weighted by Gasteiger charge is 2.61. The Morgan fingerprint density at radius 1 is 0.383 bits per heavy atom. The van der Waals surface area contributed by atoms with Gasteiger partial charge in [0.15, 0.2) is 0 Å². The molecular formula is C41H28ClN5. The Morgan fingerprint density at radius 2 is 0.787 bits per heavy atom. The zero-order chi connectivity index (χ0) is 31.7. The molecule has 0 spiro atoms. The maximum Gasteiger partial charge on any atom is 0.243 e. The van der Waals surface area contributed by atoms with Crippen LogP contribution in [0.25, 0.3) is 0 Å². The smallest absolute Gasteiger partial charge is 0.243 e. The molecule has 0 radical (unpaired) electrons. The van der Waals surface area contributed by atoms with Gasteiger partial charge in [0.2, 0.25) is 11.3 Å². The van der Waals surface area contributed by atoms with Crippen LogP contribution in [0.2, 0.25) is 5.02 Å². The minimum atomic E-state index is -1.44. The number of halogens is 1. The summed E-state index contributed by atoms with van der Waals surface area (Å²) in [5.41, 5.74) is 5.23. The molecule has 6 aromatic rings. The number of aliphatic imine (C=N–C) groups is 4. The first-order valence-electron chi connectivity index (χ1n) is 15.5. The van der Waals surface area contributed by atoms with E-state index in [1.54, 1.807) is 6.20 Å². The van der Waals surface area contributed by atoms with Crippen molar-refractivity contribution in [2.45, 2.75) is 11.3 Å². The van der Waals surface area contributed by atoms with Crippen molar-refractivity contribution in [3.8, 4) is 0 Å². The third-order valence-corrected chi connectivity index (χ3v) is 8.70. The van der Waals surface area contributed by atoms with Crippen molar-refractivity contribution in [1.82, 2.24) is 4.98 Å². The summed E-state index contributed by atoms with van der Waals surface area (Å²) in [6, 6.07) is 54.1. The van der Waals surface area contributed by atoms with Crippen LogP contribution in [-0.4, -0.2) is 27.8 Å². The molecule has 224 valence electrons. The summed E-state index contributed by atoms with van der Waals surface area (Å²) in [4.78, 5) is 27.5. The van der Waals surface area contributed by atoms with Gasteiger partial charge in [0.1, 0.15) is 0 Å². The van der Waals surface area contributed by atoms with E-state index in [-0.39, 0.29) is 0 Å². The first-order chi connectivity index (χ1) is 23.2. The number of aromatic nitrogens is 1. The van der Waals surface area contributed by atoms with E-state index < -0.39 is 11.3 Å². The topological polar surface area (TPSA) is 62.3 Å². The summed E-state index contributed by atoms with van der Waals surface area (Å²) in [6.07, 6.45) is 1.77. The maximum atomic E-state index is 6.76. The summed E-state index contributed by atoms with van der Waals surface area (Å²) in [6.45, 7) is 0. The minimum absolute atomic E-state index is 0.565. The predicted octanol–water partition coefficient (Wildman–Crippen LogP) is 8.73. The van der Waals surface area contributed by atoms with Crippen molar-refractivity contribution in [2.75, 3.05) is 0 Å². The van der Waals surface area contributed by atoms with Crippen LogP contribution in [-0.2, 0) is 11.3 Å². The second kappa shape index (κ2) is 11.9. The fourth-order valence-corrected chi connectivity index (χ4v) is 6.50. The molecule has 2 aliphatic rings. The van der Waals surface area contributed by atoms with E-state index >= 15 is 0 Å². The molecule has 5 aromatic carbocycles. The van der Waals surface area contributed by atoms with Gasteiger partial charge in [0, 0.05) is 39.0 Å². The van der Waals surface area contributed by atoms with Crippen LogP contribution in [0, 0.1) is 0 Å². The highest BCUT2D eigenvalue weighted by Crippen LogP contribution is 2.54. The van der Waals surface area contributed by atoms with E-state index in [4.69, 9.17) is 36.6 Å². The van der Waals surface area contributed by atoms with Crippen molar-refractivity contribution in [3.63, 3.8) is 0 Å². The zero-order valence-corrected chi connectivity index (χ0v) is 26.0. The van der Waals surface area contributed by atoms with E-state index in [2.05, 4.69) is 48.5 Å². The Balaban J connectivity index is 1.53. The number of nitrogens with zero attached hydrogens (tertiary/aromatic N) is 5. The van der Waals surface area contributed by atoms with Crippen molar-refractivity contribution in [2.24, 2.45) is 20.0 Å². The molecule has 6 heteroatoms. The highest BCUT2D eigenvalue weighted by atomic mass is 35.5. The largest absolute Gasteiger partial charge is 0.256 e. The van der Waals surface area contributed by atoms with Crippen molar-refractivity contribution in [3.05, 3.63) is 209 Å². The van der Waals surface area contributed by atoms with E-state index in [0.29, 0.717) is 10.7 Å². The third-order valence-electron chi connectivity index (χ3n) is 8.47. The fourth-order valence-electron chi connectivity index (χ4n) is 6.31. The second-order valence-corrected chi connectivity index (χ2v) is 11.8. The summed E-state index contributed by atoms with van der Waals surface area (Å²) >= 11 is 6.76. The Bertz CT molecular complexity index is 2070. The molecule has 0 unspecified atom stereocenters. The normalized spacial score (nSPS) is 16.2. The highest BCUT2D eigenvalue weighted by molar-refractivity contribution is 6.55. The quantitative estimate of drug-likeness (QED) is 0.175. The van der Waals surface area contributed by atoms with Gasteiger partial charge in [-0.1, -0.05) is 151 Å². The SMILES string of the molecule is Clc1cccc(C2(C3(c4ccccn4)N=C(c4ccccc4)C(c4ccccc4)=N3)N=C(c3ccccc3)C(c3ccccc3)=N2)c1. The monoisotopic (exact) mass is 625 g/mol. The molecule has 5 nitrogen and oxygen atoms in total. The van der Waals surface area contributed by atoms with Gasteiger partial charge < -0.3 is 0 Å². The van der Waals surface area contributed by atoms with Crippen molar-refractivity contribution < 1.29 is 0 Å². The van der Waals surface area contributed by atoms with Crippen LogP contribution < -0.4 is 0 Å². The molecule has 0 bridgehead atoms. The van der Waals surface area contributed by atoms with E-state index in [0.717, 1.165) is 50.7 Å². The predicted molar refractivity (Wildman–Crippen MR) is 191 cm³/mol. The number of hydrogen-bond acceptors (Lipinski definition) is 5. The van der Waals surface area contributed by atoms with Crippen LogP contribution in [0.15, 0.2) is 190 Å². The van der Waals surface area contributed by atoms with Gasteiger partial charge in [-0.2, -0.15) is 0 Å². The molecule has 8 rings (SSSR count). The van der Waals surface area contributed by atoms with Gasteiger partial charge in [0.05, 0.1) is 28.5 Å². The van der Waals surface area contributed by atoms with E-state index in [1.165, 1.54) is 0 Å². The molecule has 1 aromatic heterocycles. The van der Waals surface area contributed by atoms with Crippen molar-refractivity contribution >= 4 is 34.4 Å². The van der Waals surface area contributed by atoms with Crippen LogP contribution in [0.1, 0.15) is 33.5 Å². The number of rotatable bonds is 7. The van der Waals surface area contributed by atoms with Gasteiger partial charge in [-0.25, -0.2) is 20.0 Å². The molecular weight excluding hydrogens is 598 g/mol. The first kappa shape index (κ1) is 28.7. The molecule has 0 aliphatic carbocycles. The number of benzene rings is 5. The summed E-state index contributed by atoms with van der Waals surface area (Å²) in [5.74, 6) is 0. The lowest BCUT2D eigenvalue weighted by molar-refractivity contribution is 0.250. The van der Waals surface area contributed by atoms with Gasteiger partial charge in [-0.15, -0.1) is 0 Å². The lowest BCUT2D eigenvalue weighted by atomic mass is 9.84. The zero-order valence-electron chi connectivity index (χ0n) is 25.3. The molecule has 0 atom stereocenters. The summed E-state index contributed by atoms with van der Waals surface area (Å²) < 4.78 is 0. The summed E-state index contributed by atoms with van der Waals surface area (Å²) in [7, 11) is 0. The van der Waals surface area contributed by atoms with Crippen molar-refractivity contribution in [1.29, 1.82) is 0 Å². The number of pyridine rings is 1. The molecule has 47 heavy (non-hydrogen) atoms. The van der Waals surface area contributed by atoms with Crippen LogP contribution in [0.3, 0.4) is 0 Å². The van der Waals surface area contributed by atoms with E-state index in [9.17, 15) is 0 Å². The lowest BCUT2D eigenvalue weighted by Gasteiger charge is -2.37. The van der Waals surface area contributed by atoms with Gasteiger partial charge in [-0.05, 0) is 24.3 Å². The molecule has 3 heterocycles. The number of hydrogen-bond donors (Lipinski definition) is 0. The van der Waals surface area contributed by atoms with Crippen LogP contribution >= 0.6 is 11.6 Å². The lowest BCUT2D eigenvalue weighted by Crippen LogP contribution is -2.43. The Hall–Kier alpha value is -5.78. The molecule has 0 N–H and O–H groups in total. The van der Waals surface area contributed by atoms with Gasteiger partial charge in [-0.3, -0.25) is 4.98 Å². The van der Waals surface area contributed by atoms with Crippen LogP contribution in [0.4, 0.5) is 0 Å². The second-order valence-electron chi connectivity index (χ2n) is 11.4. The Morgan fingerprint density at radius 3 is 1.17 bits per heavy atom. The first-order valence-corrected chi connectivity index (χ1v) is 15.8. The third kappa shape index (κ3) is 4.93. The molecule has 0 fully saturated rings. The fraction of sp³-hybridized carbons (Fsp3) is 0.0488. The Kier molecular flexibility index (Phi) is 7.24. The average molecular weight is 626 g/mol. The summed E-state index contributed by atoms with van der Waals surface area (Å²) in [5, 5.41) is 0.565. The molecule has 0 amide bonds. The van der Waals surface area contributed by atoms with Gasteiger partial charge in [0.25, 0.3) is 0 Å². The molecule has 0 saturated heterocycles.